The highest BCUT2D eigenvalue weighted by atomic mass is 32.1. The molecular weight excluding hydrogens is 1010 g/mol. The second-order valence-electron chi connectivity index (χ2n) is 21.1. The molecule has 3 fully saturated rings. The number of aliphatic carboxylic acids is 1. The van der Waals surface area contributed by atoms with Gasteiger partial charge in [-0.25, -0.2) is 0 Å². The molecule has 0 radical (unpaired) electrons. The third-order valence-corrected chi connectivity index (χ3v) is 14.9. The molecule has 3 saturated heterocycles. The van der Waals surface area contributed by atoms with Crippen molar-refractivity contribution in [2.45, 2.75) is 209 Å². The van der Waals surface area contributed by atoms with Crippen LogP contribution in [-0.2, 0) is 28.5 Å². The largest absolute Gasteiger partial charge is 0.481 e. The minimum Gasteiger partial charge on any atom is -0.481 e. The Morgan fingerprint density at radius 3 is 2.04 bits per heavy atom. The molecule has 0 aromatic carbocycles. The standard InChI is InChI=1S/C55H89N3O17S/c1-34-20-16-13-11-9-7-5-6-8-10-12-14-17-21-41(74-53-51(68)48(50(67)37(4)73-53)57-54(76)56-24-27-58-25-18-15-19-26-58)31-45-47(52(69)70)44(64)33-55(71,75-45)32-43(63)42(62)23-22-38(59)28-39(60)29-40(61)30-46(65)72-36(3)35(2)49(34)66/h5-6,8,10-14,16-17,20-21,34-45,47-51,53,59-64,66-68,71H,7,9,15,18-19,22-33H2,1-4H3,(H,69,70)(H2,56,57,76)/b6-5+,10-8+,13-11+,14-12+,20-16+,21-17+/t34-,35-,36-,37+,38+,39+,40+,41-,42+,43+,44-,45-,47+,48-,49+,50+,51-,53+,55+/m0/s1. The Morgan fingerprint density at radius 1 is 0.737 bits per heavy atom. The number of likely N-dealkylation sites (tertiary alicyclic amines) is 1. The molecule has 0 aliphatic carbocycles. The highest BCUT2D eigenvalue weighted by molar-refractivity contribution is 7.80. The molecule has 432 valence electrons. The Balaban J connectivity index is 1.54. The number of allylic oxidation sites excluding steroid dienone is 10. The minimum atomic E-state index is -2.38. The number of hydrogen-bond acceptors (Lipinski definition) is 18. The molecule has 0 unspecified atom stereocenters. The predicted octanol–water partition coefficient (Wildman–Crippen LogP) is 1.93. The summed E-state index contributed by atoms with van der Waals surface area (Å²) in [6.07, 6.45) is 5.58. The first-order valence-electron chi connectivity index (χ1n) is 27.1. The summed E-state index contributed by atoms with van der Waals surface area (Å²) < 4.78 is 23.8. The summed E-state index contributed by atoms with van der Waals surface area (Å²) in [7, 11) is 0. The summed E-state index contributed by atoms with van der Waals surface area (Å²) in [5.41, 5.74) is 0. The van der Waals surface area contributed by atoms with E-state index in [-0.39, 0.29) is 43.1 Å². The third-order valence-electron chi connectivity index (χ3n) is 14.7. The zero-order chi connectivity index (χ0) is 56.0. The maximum Gasteiger partial charge on any atom is 0.311 e. The van der Waals surface area contributed by atoms with E-state index < -0.39 is 141 Å². The number of carboxylic acids is 1. The number of rotatable bonds is 7. The van der Waals surface area contributed by atoms with Crippen molar-refractivity contribution in [1.29, 1.82) is 0 Å². The summed E-state index contributed by atoms with van der Waals surface area (Å²) in [5.74, 6) is -6.88. The van der Waals surface area contributed by atoms with Crippen molar-refractivity contribution in [3.05, 3.63) is 72.9 Å². The number of nitrogens with one attached hydrogen (secondary N) is 2. The van der Waals surface area contributed by atoms with Gasteiger partial charge in [0.1, 0.15) is 24.2 Å². The van der Waals surface area contributed by atoms with Crippen LogP contribution in [0.15, 0.2) is 72.9 Å². The van der Waals surface area contributed by atoms with Crippen molar-refractivity contribution in [3.63, 3.8) is 0 Å². The van der Waals surface area contributed by atoms with Gasteiger partial charge in [0.05, 0.1) is 73.5 Å². The quantitative estimate of drug-likeness (QED) is 0.128. The molecule has 76 heavy (non-hydrogen) atoms. The van der Waals surface area contributed by atoms with Gasteiger partial charge in [-0.15, -0.1) is 0 Å². The van der Waals surface area contributed by atoms with Gasteiger partial charge in [-0.2, -0.15) is 0 Å². The monoisotopic (exact) mass is 1100 g/mol. The lowest BCUT2D eigenvalue weighted by molar-refractivity contribution is -0.310. The van der Waals surface area contributed by atoms with Crippen LogP contribution in [0.5, 0.6) is 0 Å². The Labute approximate surface area is 453 Å². The topological polar surface area (TPSA) is 321 Å². The fourth-order valence-corrected chi connectivity index (χ4v) is 10.2. The number of thiocarbonyl (C=S) groups is 1. The lowest BCUT2D eigenvalue weighted by Crippen LogP contribution is -2.65. The number of carboxylic acid groups (broad SMARTS) is 1. The Morgan fingerprint density at radius 2 is 1.36 bits per heavy atom. The van der Waals surface area contributed by atoms with Gasteiger partial charge >= 0.3 is 11.9 Å². The molecule has 4 rings (SSSR count). The zero-order valence-corrected chi connectivity index (χ0v) is 45.4. The van der Waals surface area contributed by atoms with Gasteiger partial charge in [0.15, 0.2) is 17.2 Å². The molecule has 21 heteroatoms. The van der Waals surface area contributed by atoms with Crippen LogP contribution >= 0.6 is 12.2 Å². The van der Waals surface area contributed by atoms with Crippen molar-refractivity contribution >= 4 is 29.3 Å². The van der Waals surface area contributed by atoms with Gasteiger partial charge in [-0.3, -0.25) is 9.59 Å². The first-order chi connectivity index (χ1) is 36.1. The number of piperidine rings is 1. The maximum absolute atomic E-state index is 12.7. The van der Waals surface area contributed by atoms with Gasteiger partial charge in [-0.1, -0.05) is 93.2 Å². The molecule has 13 N–H and O–H groups in total. The number of hydrogen-bond donors (Lipinski definition) is 13. The molecule has 19 atom stereocenters. The third kappa shape index (κ3) is 22.3. The minimum absolute atomic E-state index is 0.144. The highest BCUT2D eigenvalue weighted by Gasteiger charge is 2.51. The average molecular weight is 1100 g/mol. The van der Waals surface area contributed by atoms with Crippen molar-refractivity contribution in [3.8, 4) is 0 Å². The maximum atomic E-state index is 12.7. The van der Waals surface area contributed by atoms with E-state index in [1.807, 2.05) is 49.5 Å². The lowest BCUT2D eigenvalue weighted by Gasteiger charge is -2.45. The average Bonchev–Trinajstić information content (AvgIpc) is 3.35. The number of ether oxygens (including phenoxy) is 4. The Hall–Kier alpha value is -3.49. The smallest absolute Gasteiger partial charge is 0.311 e. The van der Waals surface area contributed by atoms with Crippen LogP contribution in [0.25, 0.3) is 0 Å². The van der Waals surface area contributed by atoms with Crippen LogP contribution in [-0.4, -0.2) is 202 Å². The molecule has 0 amide bonds. The number of nitrogens with zero attached hydrogens (tertiary/aromatic N) is 1. The molecule has 4 aliphatic rings. The van der Waals surface area contributed by atoms with Crippen molar-refractivity contribution in [2.75, 3.05) is 26.2 Å². The van der Waals surface area contributed by atoms with E-state index in [0.29, 0.717) is 6.54 Å². The SMILES string of the molecule is C[C@@H]1[C@H](O)[C@@H](C)/C=C/C=C/CC/C=C/C=C/C=C/C=C/[C@H](O[C@H]2O[C@H](C)[C@@H](O)[C@H](NC(=S)NCCN3CCCCC3)[C@@H]2O)C[C@@H]2O[C@](O)(C[C@@H](O)[C@H](O)CC[C@@H](O)C[C@@H](O)C[C@@H](O)CC(=O)O[C@H]1C)C[C@H](O)[C@H]2C(=O)O. The van der Waals surface area contributed by atoms with Gasteiger partial charge in [0.25, 0.3) is 0 Å². The van der Waals surface area contributed by atoms with Gasteiger partial charge < -0.3 is 90.7 Å². The van der Waals surface area contributed by atoms with E-state index >= 15 is 0 Å². The summed E-state index contributed by atoms with van der Waals surface area (Å²) in [6.45, 7) is 10.1. The van der Waals surface area contributed by atoms with Crippen LogP contribution in [0, 0.1) is 17.8 Å². The summed E-state index contributed by atoms with van der Waals surface area (Å²) >= 11 is 5.55. The van der Waals surface area contributed by atoms with E-state index in [4.69, 9.17) is 31.2 Å². The van der Waals surface area contributed by atoms with E-state index in [9.17, 15) is 65.8 Å². The van der Waals surface area contributed by atoms with E-state index in [1.165, 1.54) is 6.42 Å². The summed E-state index contributed by atoms with van der Waals surface area (Å²) in [5, 5.41) is 127. The highest BCUT2D eigenvalue weighted by Crippen LogP contribution is 2.38. The van der Waals surface area contributed by atoms with E-state index in [0.717, 1.165) is 45.3 Å². The number of carbonyl (C=O) groups excluding carboxylic acids is 1. The Kier molecular flexibility index (Phi) is 28.4. The summed E-state index contributed by atoms with van der Waals surface area (Å²) in [6, 6.07) is -1.06. The Bertz CT molecular complexity index is 1930. The number of carbonyl (C=O) groups is 2. The number of aliphatic hydroxyl groups is 10. The van der Waals surface area contributed by atoms with E-state index in [2.05, 4.69) is 15.5 Å². The fraction of sp³-hybridized carbons (Fsp3) is 0.727. The summed E-state index contributed by atoms with van der Waals surface area (Å²) in [4.78, 5) is 27.8. The normalized spacial score (nSPS) is 41.7. The van der Waals surface area contributed by atoms with E-state index in [1.54, 1.807) is 51.2 Å². The van der Waals surface area contributed by atoms with Crippen LogP contribution in [0.3, 0.4) is 0 Å². The van der Waals surface area contributed by atoms with Gasteiger partial charge in [0.2, 0.25) is 0 Å². The first-order valence-corrected chi connectivity index (χ1v) is 27.5. The van der Waals surface area contributed by atoms with Gasteiger partial charge in [0, 0.05) is 44.2 Å². The zero-order valence-electron chi connectivity index (χ0n) is 44.6. The van der Waals surface area contributed by atoms with Crippen LogP contribution in [0.2, 0.25) is 0 Å². The van der Waals surface area contributed by atoms with Gasteiger partial charge in [-0.05, 0) is 90.5 Å². The van der Waals surface area contributed by atoms with Crippen molar-refractivity contribution < 1.29 is 84.7 Å². The number of aliphatic hydroxyl groups excluding tert-OH is 9. The van der Waals surface area contributed by atoms with Crippen LogP contribution in [0.4, 0.5) is 0 Å². The molecule has 0 aromatic heterocycles. The predicted molar refractivity (Wildman–Crippen MR) is 287 cm³/mol. The van der Waals surface area contributed by atoms with Crippen LogP contribution < -0.4 is 10.6 Å². The molecule has 4 heterocycles. The molecule has 0 saturated carbocycles. The lowest BCUT2D eigenvalue weighted by atomic mass is 9.82. The molecule has 4 aliphatic heterocycles. The van der Waals surface area contributed by atoms with Crippen molar-refractivity contribution in [1.82, 2.24) is 15.5 Å². The molecule has 20 nitrogen and oxygen atoms in total. The second kappa shape index (κ2) is 33.2. The number of cyclic esters (lactones) is 1. The first kappa shape index (κ1) is 65.0. The molecule has 0 spiro atoms. The van der Waals surface area contributed by atoms with Crippen LogP contribution in [0.1, 0.15) is 111 Å². The number of fused-ring (bicyclic) bond motifs is 2. The number of esters is 1. The second-order valence-corrected chi connectivity index (χ2v) is 21.5. The molecule has 2 bridgehead atoms. The molecule has 0 aromatic rings. The fourth-order valence-electron chi connectivity index (χ4n) is 9.96. The van der Waals surface area contributed by atoms with Crippen molar-refractivity contribution in [2.24, 2.45) is 17.8 Å². The molecular formula is C55H89N3O17S.